The van der Waals surface area contributed by atoms with E-state index in [2.05, 4.69) is 30.6 Å². The normalized spacial score (nSPS) is 11.5. The number of phenolic OH excluding ortho intramolecular Hbond substituents is 4. The van der Waals surface area contributed by atoms with E-state index in [0.717, 1.165) is 11.1 Å². The summed E-state index contributed by atoms with van der Waals surface area (Å²) >= 11 is 0. The Hall–Kier alpha value is -6.18. The molecule has 324 valence electrons. The van der Waals surface area contributed by atoms with Crippen molar-refractivity contribution in [1.29, 1.82) is 0 Å². The van der Waals surface area contributed by atoms with E-state index >= 15 is 0 Å². The van der Waals surface area contributed by atoms with Crippen molar-refractivity contribution in [3.05, 3.63) is 106 Å². The topological polar surface area (TPSA) is 207 Å². The van der Waals surface area contributed by atoms with Crippen LogP contribution in [-0.2, 0) is 26.5 Å². The average Bonchev–Trinajstić information content (AvgIpc) is 3.11. The molecule has 4 rings (SSSR count). The van der Waals surface area contributed by atoms with Crippen LogP contribution in [0.15, 0.2) is 92.8 Å². The number of aryl methyl sites for hydroxylation is 2. The van der Waals surface area contributed by atoms with Crippen LogP contribution in [0.5, 0.6) is 23.0 Å². The standard InChI is InChI=1S/2C22H27N3O4.CH4.Fe/c2*1-15-5-7-19(26)16(11-15)13-23-9-10-24-14-17-12-18(6-8-20(17)27)25-21(28)29-22(2,3)4;;/h2*5-8,11-14,26-27H,9-10H2,1-4H3,(H,25,28);1H4;. The molecular formula is C45H58FeN6O8. The second-order valence-corrected chi connectivity index (χ2v) is 15.1. The summed E-state index contributed by atoms with van der Waals surface area (Å²) in [5.74, 6) is 0.470. The van der Waals surface area contributed by atoms with Crippen LogP contribution < -0.4 is 10.6 Å². The van der Waals surface area contributed by atoms with Crippen LogP contribution in [0.1, 0.15) is 82.3 Å². The first-order valence-electron chi connectivity index (χ1n) is 18.5. The number of benzene rings is 4. The number of carbonyl (C=O) groups excluding carboxylic acids is 2. The minimum Gasteiger partial charge on any atom is -0.507 e. The zero-order valence-corrected chi connectivity index (χ0v) is 35.7. The first-order valence-corrected chi connectivity index (χ1v) is 18.5. The number of ether oxygens (including phenoxy) is 2. The predicted molar refractivity (Wildman–Crippen MR) is 238 cm³/mol. The first-order chi connectivity index (χ1) is 27.3. The van der Waals surface area contributed by atoms with Crippen molar-refractivity contribution in [3.8, 4) is 23.0 Å². The van der Waals surface area contributed by atoms with Crippen LogP contribution in [0, 0.1) is 13.8 Å². The largest absolute Gasteiger partial charge is 0.507 e. The van der Waals surface area contributed by atoms with Gasteiger partial charge in [-0.05, 0) is 116 Å². The van der Waals surface area contributed by atoms with Crippen LogP contribution in [0.4, 0.5) is 21.0 Å². The van der Waals surface area contributed by atoms with Gasteiger partial charge in [-0.3, -0.25) is 30.6 Å². The van der Waals surface area contributed by atoms with Gasteiger partial charge in [0, 0.05) is 75.6 Å². The quantitative estimate of drug-likeness (QED) is 0.0349. The van der Waals surface area contributed by atoms with Crippen molar-refractivity contribution in [3.63, 3.8) is 0 Å². The van der Waals surface area contributed by atoms with Crippen LogP contribution >= 0.6 is 0 Å². The summed E-state index contributed by atoms with van der Waals surface area (Å²) in [6.45, 7) is 16.3. The Morgan fingerprint density at radius 1 is 0.517 bits per heavy atom. The van der Waals surface area contributed by atoms with E-state index in [1.807, 2.05) is 38.1 Å². The molecule has 60 heavy (non-hydrogen) atoms. The summed E-state index contributed by atoms with van der Waals surface area (Å²) in [5, 5.41) is 44.7. The number of amides is 2. The first kappa shape index (κ1) is 51.8. The van der Waals surface area contributed by atoms with Crippen molar-refractivity contribution in [2.45, 2.75) is 74.0 Å². The molecule has 0 aliphatic carbocycles. The van der Waals surface area contributed by atoms with E-state index in [9.17, 15) is 30.0 Å². The maximum Gasteiger partial charge on any atom is 0.412 e. The van der Waals surface area contributed by atoms with E-state index in [1.165, 1.54) is 24.6 Å². The monoisotopic (exact) mass is 866 g/mol. The SMILES string of the molecule is C.Cc1ccc(O)c(C=NCCN=Cc2cc(NC(=O)OC(C)(C)C)ccc2O)c1.Cc1ccc(O)c(C=NCCN=Cc2cc(NC(=O)OC(C)(C)C)ccc2O)c1.[Fe]. The zero-order chi connectivity index (χ0) is 42.9. The van der Waals surface area contributed by atoms with E-state index in [4.69, 9.17) is 9.47 Å². The van der Waals surface area contributed by atoms with Crippen molar-refractivity contribution >= 4 is 48.4 Å². The minimum atomic E-state index is -0.596. The summed E-state index contributed by atoms with van der Waals surface area (Å²) in [6.07, 6.45) is 5.13. The Morgan fingerprint density at radius 2 is 0.783 bits per heavy atom. The molecule has 0 spiro atoms. The average molecular weight is 867 g/mol. The zero-order valence-electron chi connectivity index (χ0n) is 34.6. The second kappa shape index (κ2) is 24.7. The summed E-state index contributed by atoms with van der Waals surface area (Å²) in [4.78, 5) is 40.7. The number of aromatic hydroxyl groups is 4. The molecule has 0 saturated carbocycles. The summed E-state index contributed by atoms with van der Waals surface area (Å²) < 4.78 is 10.4. The Kier molecular flexibility index (Phi) is 21.3. The van der Waals surface area contributed by atoms with Gasteiger partial charge in [0.05, 0.1) is 26.2 Å². The third kappa shape index (κ3) is 20.0. The molecule has 14 nitrogen and oxygen atoms in total. The molecule has 0 heterocycles. The Morgan fingerprint density at radius 3 is 1.07 bits per heavy atom. The van der Waals surface area contributed by atoms with Crippen LogP contribution in [0.3, 0.4) is 0 Å². The molecule has 0 aromatic heterocycles. The molecule has 4 aromatic carbocycles. The number of nitrogens with one attached hydrogen (secondary N) is 2. The van der Waals surface area contributed by atoms with Gasteiger partial charge >= 0.3 is 12.2 Å². The van der Waals surface area contributed by atoms with Gasteiger partial charge in [-0.15, -0.1) is 0 Å². The predicted octanol–water partition coefficient (Wildman–Crippen LogP) is 9.22. The molecular weight excluding hydrogens is 808 g/mol. The smallest absolute Gasteiger partial charge is 0.412 e. The van der Waals surface area contributed by atoms with E-state index in [1.54, 1.807) is 90.4 Å². The molecule has 0 atom stereocenters. The molecule has 4 aromatic rings. The molecule has 15 heteroatoms. The number of nitrogens with zero attached hydrogens (tertiary/aromatic N) is 4. The second-order valence-electron chi connectivity index (χ2n) is 15.1. The van der Waals surface area contributed by atoms with Crippen molar-refractivity contribution in [2.75, 3.05) is 36.8 Å². The van der Waals surface area contributed by atoms with Gasteiger partial charge in [0.25, 0.3) is 0 Å². The van der Waals surface area contributed by atoms with Crippen molar-refractivity contribution in [2.24, 2.45) is 20.0 Å². The van der Waals surface area contributed by atoms with Crippen LogP contribution in [0.2, 0.25) is 0 Å². The maximum atomic E-state index is 11.9. The maximum absolute atomic E-state index is 11.9. The minimum absolute atomic E-state index is 0. The number of rotatable bonds is 12. The molecule has 0 unspecified atom stereocenters. The van der Waals surface area contributed by atoms with Gasteiger partial charge in [-0.25, -0.2) is 9.59 Å². The van der Waals surface area contributed by atoms with Crippen molar-refractivity contribution in [1.82, 2.24) is 0 Å². The van der Waals surface area contributed by atoms with E-state index in [-0.39, 0.29) is 47.5 Å². The number of anilines is 2. The van der Waals surface area contributed by atoms with Crippen LogP contribution in [0.25, 0.3) is 0 Å². The van der Waals surface area contributed by atoms with Gasteiger partial charge < -0.3 is 29.9 Å². The number of carbonyl (C=O) groups is 2. The fourth-order valence-corrected chi connectivity index (χ4v) is 4.75. The molecule has 0 bridgehead atoms. The molecule has 0 aliphatic rings. The fourth-order valence-electron chi connectivity index (χ4n) is 4.75. The number of aliphatic imine (C=N–C) groups is 4. The summed E-state index contributed by atoms with van der Waals surface area (Å²) in [7, 11) is 0. The number of hydrogen-bond acceptors (Lipinski definition) is 12. The fraction of sp³-hybridized carbons (Fsp3) is 0.333. The number of hydrogen-bond donors (Lipinski definition) is 6. The van der Waals surface area contributed by atoms with Gasteiger partial charge in [-0.1, -0.05) is 30.7 Å². The van der Waals surface area contributed by atoms with E-state index < -0.39 is 23.4 Å². The molecule has 0 radical (unpaired) electrons. The summed E-state index contributed by atoms with van der Waals surface area (Å²) in [6, 6.07) is 20.0. The Balaban J connectivity index is 0.000000581. The summed E-state index contributed by atoms with van der Waals surface area (Å²) in [5.41, 5.74) is 4.13. The van der Waals surface area contributed by atoms with E-state index in [0.29, 0.717) is 59.8 Å². The van der Waals surface area contributed by atoms with Crippen molar-refractivity contribution < 1.29 is 56.6 Å². The third-order valence-electron chi connectivity index (χ3n) is 7.35. The Labute approximate surface area is 363 Å². The Bertz CT molecular complexity index is 1990. The van der Waals surface area contributed by atoms with Crippen LogP contribution in [-0.4, -0.2) is 94.9 Å². The number of phenols is 4. The van der Waals surface area contributed by atoms with Gasteiger partial charge in [0.15, 0.2) is 0 Å². The molecule has 0 aliphatic heterocycles. The molecule has 2 amide bonds. The third-order valence-corrected chi connectivity index (χ3v) is 7.35. The van der Waals surface area contributed by atoms with Gasteiger partial charge in [-0.2, -0.15) is 0 Å². The molecule has 6 N–H and O–H groups in total. The van der Waals surface area contributed by atoms with Gasteiger partial charge in [0.1, 0.15) is 34.2 Å². The molecule has 0 fully saturated rings. The molecule has 0 saturated heterocycles. The van der Waals surface area contributed by atoms with Gasteiger partial charge in [0.2, 0.25) is 0 Å².